The second kappa shape index (κ2) is 9.85. The molecule has 3 atom stereocenters. The Bertz CT molecular complexity index is 919. The zero-order valence-electron chi connectivity index (χ0n) is 16.1. The van der Waals surface area contributed by atoms with Gasteiger partial charge in [-0.15, -0.1) is 24.8 Å². The van der Waals surface area contributed by atoms with E-state index in [-0.39, 0.29) is 30.9 Å². The van der Waals surface area contributed by atoms with Crippen molar-refractivity contribution in [3.63, 3.8) is 0 Å². The molecule has 1 saturated heterocycles. The van der Waals surface area contributed by atoms with Crippen molar-refractivity contribution >= 4 is 35.8 Å². The standard InChI is InChI=1S/C21H24F2N4.2ClH/c1-14(20-25-18-9-5-6-10-19(18)27(20)21(22)23)26-12-16(11-24)17(13-26)15-7-3-2-4-8-15;;/h2-10,14,16-17,21H,11-13,24H2,1H3;2*1H/t14?,16-,17+;;/m1../s1. The first-order chi connectivity index (χ1) is 13.1. The van der Waals surface area contributed by atoms with Crippen LogP contribution in [-0.4, -0.2) is 34.1 Å². The van der Waals surface area contributed by atoms with Crippen molar-refractivity contribution in [2.75, 3.05) is 19.6 Å². The molecule has 158 valence electrons. The molecule has 2 heterocycles. The van der Waals surface area contributed by atoms with Crippen LogP contribution in [0.4, 0.5) is 8.78 Å². The summed E-state index contributed by atoms with van der Waals surface area (Å²) < 4.78 is 28.7. The number of imidazole rings is 1. The van der Waals surface area contributed by atoms with Crippen molar-refractivity contribution in [1.29, 1.82) is 0 Å². The monoisotopic (exact) mass is 442 g/mol. The van der Waals surface area contributed by atoms with Crippen LogP contribution < -0.4 is 5.73 Å². The maximum atomic E-state index is 13.8. The van der Waals surface area contributed by atoms with Crippen molar-refractivity contribution in [3.05, 3.63) is 66.0 Å². The molecule has 0 radical (unpaired) electrons. The highest BCUT2D eigenvalue weighted by Gasteiger charge is 2.37. The summed E-state index contributed by atoms with van der Waals surface area (Å²) >= 11 is 0. The molecule has 1 aromatic heterocycles. The fourth-order valence-electron chi connectivity index (χ4n) is 4.26. The van der Waals surface area contributed by atoms with Crippen molar-refractivity contribution in [1.82, 2.24) is 14.5 Å². The molecule has 1 aliphatic heterocycles. The van der Waals surface area contributed by atoms with E-state index < -0.39 is 6.55 Å². The summed E-state index contributed by atoms with van der Waals surface area (Å²) in [5, 5.41) is 0. The minimum atomic E-state index is -2.62. The molecule has 8 heteroatoms. The van der Waals surface area contributed by atoms with Gasteiger partial charge in [0.2, 0.25) is 0 Å². The summed E-state index contributed by atoms with van der Waals surface area (Å²) in [6, 6.07) is 17.2. The van der Waals surface area contributed by atoms with E-state index in [1.807, 2.05) is 31.2 Å². The number of likely N-dealkylation sites (tertiary alicyclic amines) is 1. The van der Waals surface area contributed by atoms with E-state index in [4.69, 9.17) is 5.73 Å². The largest absolute Gasteiger partial charge is 0.330 e. The van der Waals surface area contributed by atoms with Crippen LogP contribution in [0, 0.1) is 5.92 Å². The van der Waals surface area contributed by atoms with E-state index in [2.05, 4.69) is 22.0 Å². The number of rotatable bonds is 5. The lowest BCUT2D eigenvalue weighted by molar-refractivity contribution is 0.0657. The summed E-state index contributed by atoms with van der Waals surface area (Å²) in [6.07, 6.45) is 0. The highest BCUT2D eigenvalue weighted by atomic mass is 35.5. The molecule has 0 saturated carbocycles. The minimum Gasteiger partial charge on any atom is -0.330 e. The van der Waals surface area contributed by atoms with Gasteiger partial charge in [0.1, 0.15) is 5.82 Å². The van der Waals surface area contributed by atoms with Crippen molar-refractivity contribution in [2.45, 2.75) is 25.4 Å². The van der Waals surface area contributed by atoms with Gasteiger partial charge in [-0.05, 0) is 37.1 Å². The predicted molar refractivity (Wildman–Crippen MR) is 117 cm³/mol. The Balaban J connectivity index is 0.00000150. The van der Waals surface area contributed by atoms with Crippen LogP contribution >= 0.6 is 24.8 Å². The first kappa shape index (κ1) is 23.5. The molecule has 2 aromatic carbocycles. The molecule has 0 bridgehead atoms. The van der Waals surface area contributed by atoms with E-state index in [0.29, 0.717) is 35.2 Å². The van der Waals surface area contributed by atoms with Crippen molar-refractivity contribution in [3.8, 4) is 0 Å². The van der Waals surface area contributed by atoms with E-state index in [1.54, 1.807) is 18.2 Å². The molecular weight excluding hydrogens is 417 g/mol. The molecule has 0 amide bonds. The molecule has 1 fully saturated rings. The number of aromatic nitrogens is 2. The van der Waals surface area contributed by atoms with Crippen LogP contribution in [0.5, 0.6) is 0 Å². The molecule has 29 heavy (non-hydrogen) atoms. The smallest absolute Gasteiger partial charge is 0.320 e. The van der Waals surface area contributed by atoms with Crippen LogP contribution in [0.1, 0.15) is 36.8 Å². The number of nitrogens with two attached hydrogens (primary N) is 1. The number of hydrogen-bond donors (Lipinski definition) is 1. The summed E-state index contributed by atoms with van der Waals surface area (Å²) in [5.74, 6) is 1.03. The van der Waals surface area contributed by atoms with Gasteiger partial charge in [0.15, 0.2) is 0 Å². The summed E-state index contributed by atoms with van der Waals surface area (Å²) in [6.45, 7) is 1.49. The number of benzene rings is 2. The number of halogens is 4. The average Bonchev–Trinajstić information content (AvgIpc) is 3.29. The molecule has 0 aliphatic carbocycles. The number of fused-ring (bicyclic) bond motifs is 1. The Morgan fingerprint density at radius 3 is 2.34 bits per heavy atom. The Morgan fingerprint density at radius 1 is 1.03 bits per heavy atom. The third-order valence-corrected chi connectivity index (χ3v) is 5.74. The lowest BCUT2D eigenvalue weighted by atomic mass is 9.89. The lowest BCUT2D eigenvalue weighted by Gasteiger charge is -2.24. The van der Waals surface area contributed by atoms with Gasteiger partial charge in [-0.1, -0.05) is 42.5 Å². The van der Waals surface area contributed by atoms with Crippen molar-refractivity contribution < 1.29 is 8.78 Å². The number of alkyl halides is 2. The first-order valence-electron chi connectivity index (χ1n) is 9.34. The quantitative estimate of drug-likeness (QED) is 0.603. The van der Waals surface area contributed by atoms with Gasteiger partial charge in [0, 0.05) is 19.0 Å². The number of para-hydroxylation sites is 2. The highest BCUT2D eigenvalue weighted by Crippen LogP contribution is 2.38. The van der Waals surface area contributed by atoms with Gasteiger partial charge in [0.05, 0.1) is 17.1 Å². The Labute approximate surface area is 181 Å². The van der Waals surface area contributed by atoms with E-state index in [0.717, 1.165) is 17.7 Å². The van der Waals surface area contributed by atoms with Crippen LogP contribution in [-0.2, 0) is 0 Å². The number of nitrogens with zero attached hydrogens (tertiary/aromatic N) is 3. The maximum absolute atomic E-state index is 13.8. The molecule has 3 aromatic rings. The molecule has 1 unspecified atom stereocenters. The first-order valence-corrected chi connectivity index (χ1v) is 9.34. The fraction of sp³-hybridized carbons (Fsp3) is 0.381. The van der Waals surface area contributed by atoms with Gasteiger partial charge in [-0.3, -0.25) is 9.47 Å². The van der Waals surface area contributed by atoms with Gasteiger partial charge in [0.25, 0.3) is 0 Å². The minimum absolute atomic E-state index is 0. The van der Waals surface area contributed by atoms with Gasteiger partial charge >= 0.3 is 6.55 Å². The molecule has 1 aliphatic rings. The lowest BCUT2D eigenvalue weighted by Crippen LogP contribution is -2.28. The van der Waals surface area contributed by atoms with E-state index in [1.165, 1.54) is 5.56 Å². The summed E-state index contributed by atoms with van der Waals surface area (Å²) in [7, 11) is 0. The van der Waals surface area contributed by atoms with Crippen LogP contribution in [0.25, 0.3) is 11.0 Å². The Hall–Kier alpha value is -1.73. The SMILES string of the molecule is CC(c1nc2ccccc2n1C(F)F)N1C[C@@H](CN)[C@H](c2ccccc2)C1.Cl.Cl. The summed E-state index contributed by atoms with van der Waals surface area (Å²) in [4.78, 5) is 6.77. The molecule has 4 nitrogen and oxygen atoms in total. The second-order valence-electron chi connectivity index (χ2n) is 7.25. The normalized spacial score (nSPS) is 20.4. The Kier molecular flexibility index (Phi) is 8.00. The maximum Gasteiger partial charge on any atom is 0.320 e. The number of hydrogen-bond acceptors (Lipinski definition) is 3. The van der Waals surface area contributed by atoms with E-state index in [9.17, 15) is 8.78 Å². The van der Waals surface area contributed by atoms with Gasteiger partial charge in [-0.2, -0.15) is 8.78 Å². The molecule has 0 spiro atoms. The summed E-state index contributed by atoms with van der Waals surface area (Å²) in [5.41, 5.74) is 8.37. The van der Waals surface area contributed by atoms with Crippen LogP contribution in [0.15, 0.2) is 54.6 Å². The molecule has 4 rings (SSSR count). The van der Waals surface area contributed by atoms with Crippen LogP contribution in [0.3, 0.4) is 0 Å². The third kappa shape index (κ3) is 4.40. The fourth-order valence-corrected chi connectivity index (χ4v) is 4.26. The van der Waals surface area contributed by atoms with Crippen molar-refractivity contribution in [2.24, 2.45) is 11.7 Å². The third-order valence-electron chi connectivity index (χ3n) is 5.74. The van der Waals surface area contributed by atoms with Gasteiger partial charge < -0.3 is 5.73 Å². The van der Waals surface area contributed by atoms with Crippen LogP contribution in [0.2, 0.25) is 0 Å². The topological polar surface area (TPSA) is 47.1 Å². The zero-order valence-corrected chi connectivity index (χ0v) is 17.8. The molecular formula is C21H26Cl2F2N4. The Morgan fingerprint density at radius 2 is 1.69 bits per heavy atom. The van der Waals surface area contributed by atoms with Gasteiger partial charge in [-0.25, -0.2) is 4.98 Å². The zero-order chi connectivity index (χ0) is 19.0. The van der Waals surface area contributed by atoms with E-state index >= 15 is 0 Å². The second-order valence-corrected chi connectivity index (χ2v) is 7.25. The predicted octanol–water partition coefficient (Wildman–Crippen LogP) is 5.01. The average molecular weight is 443 g/mol. The highest BCUT2D eigenvalue weighted by molar-refractivity contribution is 5.85. The molecule has 2 N–H and O–H groups in total.